The number of carbonyl (C=O) groups excluding carboxylic acids is 1. The lowest BCUT2D eigenvalue weighted by atomic mass is 10.00. The Morgan fingerprint density at radius 3 is 2.47 bits per heavy atom. The highest BCUT2D eigenvalue weighted by Gasteiger charge is 2.31. The van der Waals surface area contributed by atoms with Crippen LogP contribution < -0.4 is 9.47 Å². The highest BCUT2D eigenvalue weighted by atomic mass is 32.1. The van der Waals surface area contributed by atoms with Crippen LogP contribution in [-0.4, -0.2) is 44.1 Å². The molecule has 0 spiro atoms. The zero-order chi connectivity index (χ0) is 26.9. The minimum absolute atomic E-state index is 0.129. The number of rotatable bonds is 10. The quantitative estimate of drug-likeness (QED) is 0.152. The average Bonchev–Trinajstić information content (AvgIpc) is 3.23. The molecule has 9 heteroatoms. The molecule has 5 rings (SSSR count). The van der Waals surface area contributed by atoms with E-state index >= 15 is 0 Å². The van der Waals surface area contributed by atoms with Gasteiger partial charge in [0.2, 0.25) is 0 Å². The van der Waals surface area contributed by atoms with Crippen LogP contribution in [0.15, 0.2) is 60.7 Å². The molecular formula is C29H25F4NO3S. The Hall–Kier alpha value is -3.43. The first-order chi connectivity index (χ1) is 18.2. The zero-order valence-electron chi connectivity index (χ0n) is 20.6. The molecule has 1 aliphatic heterocycles. The molecule has 0 atom stereocenters. The number of likely N-dealkylation sites (tertiary alicyclic amines) is 1. The van der Waals surface area contributed by atoms with Gasteiger partial charge >= 0.3 is 0 Å². The van der Waals surface area contributed by atoms with Gasteiger partial charge in [-0.1, -0.05) is 12.1 Å². The Bertz CT molecular complexity index is 1440. The van der Waals surface area contributed by atoms with E-state index in [4.69, 9.17) is 9.47 Å². The van der Waals surface area contributed by atoms with Crippen molar-refractivity contribution in [3.8, 4) is 27.7 Å². The third-order valence-electron chi connectivity index (χ3n) is 6.47. The van der Waals surface area contributed by atoms with Crippen molar-refractivity contribution in [2.24, 2.45) is 5.92 Å². The molecule has 0 N–H and O–H groups in total. The van der Waals surface area contributed by atoms with Gasteiger partial charge in [0.1, 0.15) is 30.2 Å². The number of halogens is 4. The minimum atomic E-state index is -3.29. The van der Waals surface area contributed by atoms with Crippen LogP contribution in [-0.2, 0) is 5.92 Å². The Morgan fingerprint density at radius 1 is 1.05 bits per heavy atom. The topological polar surface area (TPSA) is 38.8 Å². The van der Waals surface area contributed by atoms with Gasteiger partial charge in [0, 0.05) is 59.3 Å². The standard InChI is InChI=1S/C29H25F4NO3S/c1-29(32,33)25-13-20(31)3-9-23(25)28-27(24-8-2-18(17-35)12-26(24)38-28)37-22-6-4-21(5-7-22)36-11-10-34-15-19(14-30)16-34/h2-9,12-13,17,19H,10-11,14-16H2,1H3. The maximum absolute atomic E-state index is 14.5. The van der Waals surface area contributed by atoms with Crippen molar-refractivity contribution in [1.29, 1.82) is 0 Å². The van der Waals surface area contributed by atoms with E-state index in [-0.39, 0.29) is 18.2 Å². The van der Waals surface area contributed by atoms with E-state index in [2.05, 4.69) is 4.90 Å². The van der Waals surface area contributed by atoms with Crippen molar-refractivity contribution in [3.63, 3.8) is 0 Å². The first-order valence-corrected chi connectivity index (χ1v) is 13.0. The Balaban J connectivity index is 1.42. The van der Waals surface area contributed by atoms with Crippen molar-refractivity contribution in [2.75, 3.05) is 32.9 Å². The van der Waals surface area contributed by atoms with Gasteiger partial charge in [-0.25, -0.2) is 13.2 Å². The number of hydrogen-bond donors (Lipinski definition) is 0. The summed E-state index contributed by atoms with van der Waals surface area (Å²) in [6.07, 6.45) is 0.711. The lowest BCUT2D eigenvalue weighted by Gasteiger charge is -2.37. The van der Waals surface area contributed by atoms with E-state index in [0.29, 0.717) is 57.2 Å². The smallest absolute Gasteiger partial charge is 0.271 e. The van der Waals surface area contributed by atoms with Gasteiger partial charge in [0.05, 0.1) is 11.6 Å². The molecule has 1 saturated heterocycles. The highest BCUT2D eigenvalue weighted by Crippen LogP contribution is 2.49. The van der Waals surface area contributed by atoms with Gasteiger partial charge in [-0.3, -0.25) is 14.1 Å². The van der Waals surface area contributed by atoms with Crippen LogP contribution in [0.25, 0.3) is 20.5 Å². The Labute approximate surface area is 221 Å². The zero-order valence-corrected chi connectivity index (χ0v) is 21.4. The molecule has 0 unspecified atom stereocenters. The molecule has 3 aromatic carbocycles. The van der Waals surface area contributed by atoms with Gasteiger partial charge in [-0.05, 0) is 48.5 Å². The lowest BCUT2D eigenvalue weighted by Crippen LogP contribution is -2.49. The fraction of sp³-hybridized carbons (Fsp3) is 0.276. The average molecular weight is 544 g/mol. The predicted octanol–water partition coefficient (Wildman–Crippen LogP) is 7.70. The van der Waals surface area contributed by atoms with Gasteiger partial charge in [-0.15, -0.1) is 11.3 Å². The second-order valence-corrected chi connectivity index (χ2v) is 10.5. The number of hydrogen-bond acceptors (Lipinski definition) is 5. The molecule has 1 aromatic heterocycles. The molecule has 0 amide bonds. The number of ether oxygens (including phenoxy) is 2. The van der Waals surface area contributed by atoms with E-state index in [1.807, 2.05) is 0 Å². The summed E-state index contributed by atoms with van der Waals surface area (Å²) in [6, 6.07) is 15.2. The third kappa shape index (κ3) is 5.54. The normalized spacial score (nSPS) is 14.4. The maximum atomic E-state index is 14.5. The second-order valence-electron chi connectivity index (χ2n) is 9.41. The van der Waals surface area contributed by atoms with Gasteiger partial charge in [0.15, 0.2) is 5.75 Å². The summed E-state index contributed by atoms with van der Waals surface area (Å²) in [6.45, 7) is 3.11. The number of carbonyl (C=O) groups is 1. The molecule has 4 aromatic rings. The Kier molecular flexibility index (Phi) is 7.40. The number of alkyl halides is 3. The largest absolute Gasteiger partial charge is 0.492 e. The van der Waals surface area contributed by atoms with Crippen LogP contribution in [0.5, 0.6) is 17.2 Å². The summed E-state index contributed by atoms with van der Waals surface area (Å²) >= 11 is 1.20. The van der Waals surface area contributed by atoms with Crippen LogP contribution in [0.4, 0.5) is 17.6 Å². The molecule has 2 heterocycles. The van der Waals surface area contributed by atoms with E-state index in [1.54, 1.807) is 42.5 Å². The van der Waals surface area contributed by atoms with E-state index in [9.17, 15) is 22.4 Å². The highest BCUT2D eigenvalue weighted by molar-refractivity contribution is 7.22. The number of fused-ring (bicyclic) bond motifs is 1. The fourth-order valence-corrected chi connectivity index (χ4v) is 5.71. The molecule has 0 aliphatic carbocycles. The second kappa shape index (κ2) is 10.7. The van der Waals surface area contributed by atoms with Crippen molar-refractivity contribution >= 4 is 27.7 Å². The number of aldehydes is 1. The third-order valence-corrected chi connectivity index (χ3v) is 7.64. The van der Waals surface area contributed by atoms with Crippen molar-refractivity contribution in [2.45, 2.75) is 12.8 Å². The monoisotopic (exact) mass is 543 g/mol. The van der Waals surface area contributed by atoms with Crippen LogP contribution >= 0.6 is 11.3 Å². The van der Waals surface area contributed by atoms with Crippen molar-refractivity contribution in [3.05, 3.63) is 77.6 Å². The van der Waals surface area contributed by atoms with Gasteiger partial charge < -0.3 is 9.47 Å². The summed E-state index contributed by atoms with van der Waals surface area (Å²) in [4.78, 5) is 13.9. The summed E-state index contributed by atoms with van der Waals surface area (Å²) in [5.41, 5.74) is 0.147. The molecule has 198 valence electrons. The maximum Gasteiger partial charge on any atom is 0.271 e. The van der Waals surface area contributed by atoms with Crippen molar-refractivity contribution < 1.29 is 31.8 Å². The first kappa shape index (κ1) is 26.2. The summed E-state index contributed by atoms with van der Waals surface area (Å²) in [7, 11) is 0. The molecular weight excluding hydrogens is 518 g/mol. The summed E-state index contributed by atoms with van der Waals surface area (Å²) in [5.74, 6) is -2.49. The van der Waals surface area contributed by atoms with E-state index < -0.39 is 17.3 Å². The molecule has 1 aliphatic rings. The van der Waals surface area contributed by atoms with Gasteiger partial charge in [-0.2, -0.15) is 0 Å². The SMILES string of the molecule is CC(F)(F)c1cc(F)ccc1-c1sc2cc(C=O)ccc2c1Oc1ccc(OCCN2CC(CF)C2)cc1. The molecule has 4 nitrogen and oxygen atoms in total. The molecule has 0 radical (unpaired) electrons. The van der Waals surface area contributed by atoms with E-state index in [0.717, 1.165) is 32.1 Å². The lowest BCUT2D eigenvalue weighted by molar-refractivity contribution is 0.0178. The van der Waals surface area contributed by atoms with E-state index in [1.165, 1.54) is 17.4 Å². The van der Waals surface area contributed by atoms with Crippen LogP contribution in [0.3, 0.4) is 0 Å². The number of nitrogens with zero attached hydrogens (tertiary/aromatic N) is 1. The molecule has 1 fully saturated rings. The Morgan fingerprint density at radius 2 is 1.79 bits per heavy atom. The number of benzene rings is 3. The molecule has 0 bridgehead atoms. The fourth-order valence-electron chi connectivity index (χ4n) is 4.49. The molecule has 38 heavy (non-hydrogen) atoms. The summed E-state index contributed by atoms with van der Waals surface area (Å²) in [5, 5.41) is 0.645. The van der Waals surface area contributed by atoms with Crippen LogP contribution in [0.2, 0.25) is 0 Å². The predicted molar refractivity (Wildman–Crippen MR) is 140 cm³/mol. The van der Waals surface area contributed by atoms with Crippen molar-refractivity contribution in [1.82, 2.24) is 4.90 Å². The number of thiophene rings is 1. The minimum Gasteiger partial charge on any atom is -0.492 e. The van der Waals surface area contributed by atoms with Crippen LogP contribution in [0, 0.1) is 11.7 Å². The van der Waals surface area contributed by atoms with Crippen LogP contribution in [0.1, 0.15) is 22.8 Å². The first-order valence-electron chi connectivity index (χ1n) is 12.1. The van der Waals surface area contributed by atoms with Gasteiger partial charge in [0.25, 0.3) is 5.92 Å². The summed E-state index contributed by atoms with van der Waals surface area (Å²) < 4.78 is 68.2. The molecule has 0 saturated carbocycles.